The van der Waals surface area contributed by atoms with Gasteiger partial charge in [0.25, 0.3) is 0 Å². The maximum absolute atomic E-state index is 12.5. The molecule has 0 radical (unpaired) electrons. The zero-order valence-corrected chi connectivity index (χ0v) is 16.6. The molecule has 1 aromatic carbocycles. The number of carbonyl (C=O) groups is 2. The summed E-state index contributed by atoms with van der Waals surface area (Å²) in [5.41, 5.74) is 1.40. The van der Waals surface area contributed by atoms with Crippen molar-refractivity contribution in [3.8, 4) is 0 Å². The summed E-state index contributed by atoms with van der Waals surface area (Å²) in [7, 11) is 0.686. The lowest BCUT2D eigenvalue weighted by molar-refractivity contribution is -0.884. The van der Waals surface area contributed by atoms with E-state index in [0.29, 0.717) is 6.08 Å². The van der Waals surface area contributed by atoms with Crippen molar-refractivity contribution in [2.75, 3.05) is 34.4 Å². The van der Waals surface area contributed by atoms with Gasteiger partial charge < -0.3 is 18.5 Å². The SMILES string of the molecule is C=CC(=O)OCC(=O)OCC(F)(F)S(=O)(=O)[O-].C[N+](C)(C)Cc1ccccc1. The highest BCUT2D eigenvalue weighted by molar-refractivity contribution is 7.86. The van der Waals surface area contributed by atoms with Crippen molar-refractivity contribution in [3.63, 3.8) is 0 Å². The van der Waals surface area contributed by atoms with Gasteiger partial charge in [-0.05, 0) is 0 Å². The molecule has 0 aliphatic carbocycles. The average molecular weight is 423 g/mol. The molecule has 158 valence electrons. The van der Waals surface area contributed by atoms with Crippen molar-refractivity contribution in [2.45, 2.75) is 11.8 Å². The second-order valence-electron chi connectivity index (χ2n) is 6.50. The van der Waals surface area contributed by atoms with E-state index in [2.05, 4.69) is 67.5 Å². The molecular weight excluding hydrogens is 400 g/mol. The van der Waals surface area contributed by atoms with Crippen molar-refractivity contribution in [1.82, 2.24) is 0 Å². The summed E-state index contributed by atoms with van der Waals surface area (Å²) in [6, 6.07) is 10.6. The lowest BCUT2D eigenvalue weighted by Gasteiger charge is -2.23. The Bertz CT molecular complexity index is 759. The molecule has 0 spiro atoms. The summed E-state index contributed by atoms with van der Waals surface area (Å²) < 4.78 is 63.7. The lowest BCUT2D eigenvalue weighted by Crippen LogP contribution is -2.35. The molecular formula is C17H23F2NO7S. The van der Waals surface area contributed by atoms with E-state index in [1.54, 1.807) is 0 Å². The highest BCUT2D eigenvalue weighted by atomic mass is 32.2. The first kappa shape index (κ1) is 25.6. The molecule has 0 saturated heterocycles. The Balaban J connectivity index is 0.000000567. The number of ether oxygens (including phenoxy) is 2. The molecule has 8 nitrogen and oxygen atoms in total. The molecule has 0 aromatic heterocycles. The molecule has 1 rings (SSSR count). The molecule has 0 unspecified atom stereocenters. The molecule has 0 aliphatic heterocycles. The number of quaternary nitrogens is 1. The fraction of sp³-hybridized carbons (Fsp3) is 0.412. The molecule has 0 atom stereocenters. The van der Waals surface area contributed by atoms with Gasteiger partial charge >= 0.3 is 17.2 Å². The maximum Gasteiger partial charge on any atom is 0.367 e. The first-order chi connectivity index (χ1) is 12.7. The molecule has 0 heterocycles. The average Bonchev–Trinajstić information content (AvgIpc) is 2.57. The van der Waals surface area contributed by atoms with E-state index < -0.39 is 40.5 Å². The van der Waals surface area contributed by atoms with Crippen LogP contribution in [0.5, 0.6) is 0 Å². The predicted octanol–water partition coefficient (Wildman–Crippen LogP) is 1.29. The second kappa shape index (κ2) is 10.8. The number of hydrogen-bond donors (Lipinski definition) is 0. The van der Waals surface area contributed by atoms with Gasteiger partial charge in [-0.15, -0.1) is 0 Å². The van der Waals surface area contributed by atoms with Gasteiger partial charge in [-0.3, -0.25) is 0 Å². The van der Waals surface area contributed by atoms with Crippen LogP contribution in [0.25, 0.3) is 0 Å². The number of rotatable bonds is 8. The van der Waals surface area contributed by atoms with E-state index in [1.165, 1.54) is 5.56 Å². The van der Waals surface area contributed by atoms with Gasteiger partial charge in [-0.25, -0.2) is 18.0 Å². The Morgan fingerprint density at radius 2 is 1.71 bits per heavy atom. The summed E-state index contributed by atoms with van der Waals surface area (Å²) in [4.78, 5) is 21.1. The molecule has 0 saturated carbocycles. The molecule has 0 N–H and O–H groups in total. The molecule has 28 heavy (non-hydrogen) atoms. The number of benzene rings is 1. The number of nitrogens with zero attached hydrogens (tertiary/aromatic N) is 1. The van der Waals surface area contributed by atoms with Crippen molar-refractivity contribution < 1.29 is 45.3 Å². The minimum atomic E-state index is -5.92. The summed E-state index contributed by atoms with van der Waals surface area (Å²) in [5, 5.41) is -4.73. The van der Waals surface area contributed by atoms with Crippen molar-refractivity contribution in [2.24, 2.45) is 0 Å². The van der Waals surface area contributed by atoms with Crippen LogP contribution >= 0.6 is 0 Å². The Morgan fingerprint density at radius 1 is 1.18 bits per heavy atom. The van der Waals surface area contributed by atoms with Crippen molar-refractivity contribution in [1.29, 1.82) is 0 Å². The molecule has 11 heteroatoms. The van der Waals surface area contributed by atoms with Crippen LogP contribution in [0.1, 0.15) is 5.56 Å². The van der Waals surface area contributed by atoms with Crippen LogP contribution in [-0.4, -0.2) is 69.0 Å². The van der Waals surface area contributed by atoms with Gasteiger partial charge in [0.05, 0.1) is 21.1 Å². The molecule has 0 bridgehead atoms. The summed E-state index contributed by atoms with van der Waals surface area (Å²) in [6.45, 7) is 1.15. The van der Waals surface area contributed by atoms with Gasteiger partial charge in [0.1, 0.15) is 6.54 Å². The predicted molar refractivity (Wildman–Crippen MR) is 94.9 cm³/mol. The Hall–Kier alpha value is -2.37. The highest BCUT2D eigenvalue weighted by Crippen LogP contribution is 2.20. The van der Waals surface area contributed by atoms with Crippen LogP contribution < -0.4 is 0 Å². The second-order valence-corrected chi connectivity index (χ2v) is 8.00. The smallest absolute Gasteiger partial charge is 0.367 e. The molecule has 0 amide bonds. The Morgan fingerprint density at radius 3 is 2.14 bits per heavy atom. The fourth-order valence-corrected chi connectivity index (χ4v) is 1.80. The van der Waals surface area contributed by atoms with Crippen LogP contribution in [0.4, 0.5) is 8.78 Å². The first-order valence-corrected chi connectivity index (χ1v) is 9.21. The molecule has 0 aliphatic rings. The number of alkyl halides is 2. The van der Waals surface area contributed by atoms with E-state index in [-0.39, 0.29) is 0 Å². The van der Waals surface area contributed by atoms with E-state index in [9.17, 15) is 31.3 Å². The van der Waals surface area contributed by atoms with Crippen LogP contribution in [0.15, 0.2) is 43.0 Å². The monoisotopic (exact) mass is 423 g/mol. The van der Waals surface area contributed by atoms with Crippen molar-refractivity contribution in [3.05, 3.63) is 48.6 Å². The largest absolute Gasteiger partial charge is 0.743 e. The summed E-state index contributed by atoms with van der Waals surface area (Å²) >= 11 is 0. The van der Waals surface area contributed by atoms with Crippen LogP contribution in [-0.2, 0) is 35.7 Å². The molecule has 1 aromatic rings. The van der Waals surface area contributed by atoms with E-state index in [1.807, 2.05) is 0 Å². The third-order valence-electron chi connectivity index (χ3n) is 2.77. The zero-order valence-electron chi connectivity index (χ0n) is 15.8. The number of carbonyl (C=O) groups excluding carboxylic acids is 2. The minimum Gasteiger partial charge on any atom is -0.743 e. The van der Waals surface area contributed by atoms with E-state index >= 15 is 0 Å². The standard InChI is InChI=1S/C10H16N.C7H8F2O7S/c1-11(2,3)9-10-7-5-4-6-8-10;1-2-5(10)15-3-6(11)16-4-7(8,9)17(12,13)14/h4-8H,9H2,1-3H3;2H,1,3-4H2,(H,12,13,14)/q+1;/p-1. The maximum atomic E-state index is 12.5. The number of esters is 2. The van der Waals surface area contributed by atoms with Gasteiger partial charge in [0, 0.05) is 11.6 Å². The van der Waals surface area contributed by atoms with E-state index in [0.717, 1.165) is 11.0 Å². The first-order valence-electron chi connectivity index (χ1n) is 7.80. The normalized spacial score (nSPS) is 11.6. The number of hydrogen-bond acceptors (Lipinski definition) is 7. The third kappa shape index (κ3) is 11.4. The van der Waals surface area contributed by atoms with Crippen molar-refractivity contribution >= 4 is 22.1 Å². The third-order valence-corrected chi connectivity index (χ3v) is 3.62. The van der Waals surface area contributed by atoms with Gasteiger partial charge in [-0.2, -0.15) is 8.78 Å². The topological polar surface area (TPSA) is 110 Å². The van der Waals surface area contributed by atoms with Gasteiger partial charge in [0.15, 0.2) is 23.3 Å². The Kier molecular flexibility index (Phi) is 9.92. The van der Waals surface area contributed by atoms with Gasteiger partial charge in [0.2, 0.25) is 0 Å². The number of halogens is 2. The summed E-state index contributed by atoms with van der Waals surface area (Å²) in [5.74, 6) is -2.42. The highest BCUT2D eigenvalue weighted by Gasteiger charge is 2.39. The summed E-state index contributed by atoms with van der Waals surface area (Å²) in [6.07, 6.45) is 0.712. The minimum absolute atomic E-state index is 0.712. The van der Waals surface area contributed by atoms with Crippen LogP contribution in [0.2, 0.25) is 0 Å². The fourth-order valence-electron chi connectivity index (χ4n) is 1.60. The van der Waals surface area contributed by atoms with Gasteiger partial charge in [-0.1, -0.05) is 36.9 Å². The Labute approximate surface area is 162 Å². The zero-order chi connectivity index (χ0) is 22.0. The molecule has 0 fully saturated rings. The van der Waals surface area contributed by atoms with E-state index in [4.69, 9.17) is 0 Å². The van der Waals surface area contributed by atoms with Crippen LogP contribution in [0, 0.1) is 0 Å². The lowest BCUT2D eigenvalue weighted by atomic mass is 10.2. The quantitative estimate of drug-likeness (QED) is 0.268. The van der Waals surface area contributed by atoms with Crippen LogP contribution in [0.3, 0.4) is 0 Å².